The third-order valence-electron chi connectivity index (χ3n) is 7.46. The van der Waals surface area contributed by atoms with Crippen LogP contribution in [0.5, 0.6) is 6.01 Å². The molecule has 4 aromatic rings. The zero-order chi connectivity index (χ0) is 27.8. The van der Waals surface area contributed by atoms with Crippen LogP contribution in [0.3, 0.4) is 0 Å². The second-order valence-electron chi connectivity index (χ2n) is 10.9. The lowest BCUT2D eigenvalue weighted by atomic mass is 10.0. The van der Waals surface area contributed by atoms with Crippen molar-refractivity contribution in [3.05, 3.63) is 48.0 Å². The van der Waals surface area contributed by atoms with Crippen LogP contribution in [-0.4, -0.2) is 70.1 Å². The Morgan fingerprint density at radius 1 is 1.20 bits per heavy atom. The van der Waals surface area contributed by atoms with Crippen molar-refractivity contribution in [1.82, 2.24) is 25.1 Å². The molecule has 2 fully saturated rings. The number of fused-ring (bicyclic) bond motifs is 2. The van der Waals surface area contributed by atoms with Crippen LogP contribution in [-0.2, 0) is 11.8 Å². The zero-order valence-corrected chi connectivity index (χ0v) is 23.0. The van der Waals surface area contributed by atoms with E-state index in [0.29, 0.717) is 40.8 Å². The van der Waals surface area contributed by atoms with Gasteiger partial charge in [0.2, 0.25) is 0 Å². The van der Waals surface area contributed by atoms with Gasteiger partial charge in [-0.15, -0.1) is 0 Å². The van der Waals surface area contributed by atoms with E-state index in [1.54, 1.807) is 36.3 Å². The first-order valence-electron chi connectivity index (χ1n) is 13.8. The molecule has 2 aliphatic heterocycles. The molecule has 3 atom stereocenters. The molecule has 2 aliphatic rings. The summed E-state index contributed by atoms with van der Waals surface area (Å²) in [7, 11) is 1.73. The lowest BCUT2D eigenvalue weighted by Crippen LogP contribution is -2.54. The average molecular weight is 548 g/mol. The highest BCUT2D eigenvalue weighted by Gasteiger charge is 2.25. The third kappa shape index (κ3) is 5.44. The maximum absolute atomic E-state index is 14.7. The fourth-order valence-electron chi connectivity index (χ4n) is 5.73. The average Bonchev–Trinajstić information content (AvgIpc) is 3.32. The first kappa shape index (κ1) is 26.4. The Kier molecular flexibility index (Phi) is 7.24. The molecule has 0 radical (unpaired) electrons. The number of aromatic nitrogens is 4. The van der Waals surface area contributed by atoms with Gasteiger partial charge in [-0.05, 0) is 57.4 Å². The van der Waals surface area contributed by atoms with E-state index in [-0.39, 0.29) is 17.6 Å². The van der Waals surface area contributed by atoms with Crippen LogP contribution < -0.4 is 20.3 Å². The minimum absolute atomic E-state index is 0.00302. The molecule has 2 saturated heterocycles. The van der Waals surface area contributed by atoms with E-state index in [2.05, 4.69) is 39.5 Å². The summed E-state index contributed by atoms with van der Waals surface area (Å²) in [5, 5.41) is 11.9. The Hall–Kier alpha value is -3.83. The van der Waals surface area contributed by atoms with Crippen LogP contribution in [0, 0.1) is 5.82 Å². The Balaban J connectivity index is 1.34. The highest BCUT2D eigenvalue weighted by atomic mass is 19.1. The summed E-state index contributed by atoms with van der Waals surface area (Å²) >= 11 is 0. The Labute approximate surface area is 231 Å². The van der Waals surface area contributed by atoms with Gasteiger partial charge in [0.25, 0.3) is 5.91 Å². The topological polar surface area (TPSA) is 106 Å². The molecule has 0 bridgehead atoms. The van der Waals surface area contributed by atoms with Gasteiger partial charge in [0, 0.05) is 73.4 Å². The van der Waals surface area contributed by atoms with Crippen LogP contribution in [0.25, 0.3) is 21.8 Å². The van der Waals surface area contributed by atoms with E-state index in [1.165, 1.54) is 6.07 Å². The van der Waals surface area contributed by atoms with Crippen LogP contribution in [0.4, 0.5) is 15.8 Å². The molecule has 2 aromatic heterocycles. The fraction of sp³-hybridized carbons (Fsp3) is 0.448. The summed E-state index contributed by atoms with van der Waals surface area (Å²) in [4.78, 5) is 25.1. The lowest BCUT2D eigenvalue weighted by molar-refractivity contribution is -0.0128. The second-order valence-corrected chi connectivity index (χ2v) is 10.9. The van der Waals surface area contributed by atoms with Crippen molar-refractivity contribution in [1.29, 1.82) is 0 Å². The third-order valence-corrected chi connectivity index (χ3v) is 7.46. The number of carbonyl (C=O) groups excluding carboxylic acids is 1. The molecular weight excluding hydrogens is 513 g/mol. The molecule has 4 heterocycles. The summed E-state index contributed by atoms with van der Waals surface area (Å²) in [6.45, 7) is 7.01. The summed E-state index contributed by atoms with van der Waals surface area (Å²) in [6, 6.07) is 7.49. The highest BCUT2D eigenvalue weighted by Crippen LogP contribution is 2.31. The van der Waals surface area contributed by atoms with Crippen molar-refractivity contribution in [3.63, 3.8) is 0 Å². The van der Waals surface area contributed by atoms with Crippen LogP contribution in [0.2, 0.25) is 0 Å². The highest BCUT2D eigenvalue weighted by molar-refractivity contribution is 6.14. The van der Waals surface area contributed by atoms with Crippen molar-refractivity contribution in [2.75, 3.05) is 36.5 Å². The Morgan fingerprint density at radius 3 is 2.80 bits per heavy atom. The van der Waals surface area contributed by atoms with Crippen molar-refractivity contribution < 1.29 is 18.7 Å². The van der Waals surface area contributed by atoms with Crippen molar-refractivity contribution in [3.8, 4) is 6.01 Å². The number of hydrogen-bond donors (Lipinski definition) is 2. The molecule has 2 aromatic carbocycles. The van der Waals surface area contributed by atoms with Crippen LogP contribution in [0.15, 0.2) is 36.7 Å². The lowest BCUT2D eigenvalue weighted by Gasteiger charge is -2.38. The maximum atomic E-state index is 14.7. The molecule has 210 valence electrons. The molecule has 6 rings (SSSR count). The Morgan fingerprint density at radius 2 is 2.02 bits per heavy atom. The van der Waals surface area contributed by atoms with E-state index in [1.807, 2.05) is 6.07 Å². The summed E-state index contributed by atoms with van der Waals surface area (Å²) in [5.41, 5.74) is 2.38. The number of benzene rings is 2. The van der Waals surface area contributed by atoms with Gasteiger partial charge in [0.1, 0.15) is 12.1 Å². The number of halogens is 1. The number of aryl methyl sites for hydroxylation is 1. The number of piperazine rings is 1. The largest absolute Gasteiger partial charge is 0.461 e. The van der Waals surface area contributed by atoms with E-state index in [0.717, 1.165) is 50.0 Å². The monoisotopic (exact) mass is 547 g/mol. The Bertz CT molecular complexity index is 1540. The number of rotatable bonds is 6. The van der Waals surface area contributed by atoms with Gasteiger partial charge in [-0.1, -0.05) is 0 Å². The number of amides is 1. The standard InChI is InChI=1S/C29H34FN7O3/c1-17-13-37(14-18(2)32-17)25-8-7-22(28(38)33-20-10-19-15-36(3)35-26(19)24(30)11-20)27-23(25)12-31-29(34-27)40-16-21-6-4-5-9-39-21/h7-8,10-12,15,17-18,21,32H,4-6,9,13-14,16H2,1-3H3,(H,33,38)/t17-,18-,21-/m1/s1. The van der Waals surface area contributed by atoms with Gasteiger partial charge in [-0.3, -0.25) is 9.48 Å². The van der Waals surface area contributed by atoms with E-state index >= 15 is 0 Å². The molecule has 11 heteroatoms. The molecule has 2 N–H and O–H groups in total. The number of ether oxygens (including phenoxy) is 2. The van der Waals surface area contributed by atoms with Gasteiger partial charge in [-0.25, -0.2) is 9.37 Å². The molecule has 10 nitrogen and oxygen atoms in total. The second kappa shape index (κ2) is 11.0. The minimum Gasteiger partial charge on any atom is -0.461 e. The normalized spacial score (nSPS) is 21.6. The maximum Gasteiger partial charge on any atom is 0.317 e. The predicted octanol–water partition coefficient (Wildman–Crippen LogP) is 4.04. The number of nitrogens with zero attached hydrogens (tertiary/aromatic N) is 5. The van der Waals surface area contributed by atoms with E-state index in [9.17, 15) is 9.18 Å². The molecule has 1 amide bonds. The summed E-state index contributed by atoms with van der Waals surface area (Å²) in [6.07, 6.45) is 6.54. The van der Waals surface area contributed by atoms with Crippen LogP contribution in [0.1, 0.15) is 43.5 Å². The summed E-state index contributed by atoms with van der Waals surface area (Å²) < 4.78 is 27.9. The van der Waals surface area contributed by atoms with Crippen molar-refractivity contribution in [2.45, 2.75) is 51.3 Å². The first-order chi connectivity index (χ1) is 19.3. The van der Waals surface area contributed by atoms with Gasteiger partial charge >= 0.3 is 6.01 Å². The number of nitrogens with one attached hydrogen (secondary N) is 2. The van der Waals surface area contributed by atoms with Crippen molar-refractivity contribution >= 4 is 39.1 Å². The number of carbonyl (C=O) groups is 1. The molecule has 0 aliphatic carbocycles. The molecule has 0 unspecified atom stereocenters. The SMILES string of the molecule is C[C@@H]1CN(c2ccc(C(=O)Nc3cc(F)c4nn(C)cc4c3)c3nc(OC[C@H]4CCCCO4)ncc23)C[C@@H](C)N1. The van der Waals surface area contributed by atoms with E-state index in [4.69, 9.17) is 14.5 Å². The first-order valence-corrected chi connectivity index (χ1v) is 13.8. The molecular formula is C29H34FN7O3. The fourth-order valence-corrected chi connectivity index (χ4v) is 5.73. The predicted molar refractivity (Wildman–Crippen MR) is 152 cm³/mol. The van der Waals surface area contributed by atoms with Gasteiger partial charge in [0.05, 0.1) is 17.2 Å². The zero-order valence-electron chi connectivity index (χ0n) is 23.0. The quantitative estimate of drug-likeness (QED) is 0.373. The van der Waals surface area contributed by atoms with Gasteiger partial charge < -0.3 is 25.0 Å². The molecule has 40 heavy (non-hydrogen) atoms. The van der Waals surface area contributed by atoms with Crippen molar-refractivity contribution in [2.24, 2.45) is 7.05 Å². The van der Waals surface area contributed by atoms with Gasteiger partial charge in [0.15, 0.2) is 5.82 Å². The molecule has 0 saturated carbocycles. The number of anilines is 2. The number of hydrogen-bond acceptors (Lipinski definition) is 8. The van der Waals surface area contributed by atoms with E-state index < -0.39 is 11.7 Å². The smallest absolute Gasteiger partial charge is 0.317 e. The van der Waals surface area contributed by atoms with Gasteiger partial charge in [-0.2, -0.15) is 10.1 Å². The summed E-state index contributed by atoms with van der Waals surface area (Å²) in [5.74, 6) is -0.903. The molecule has 0 spiro atoms. The minimum atomic E-state index is -0.501. The van der Waals surface area contributed by atoms with Crippen LogP contribution >= 0.6 is 0 Å².